The van der Waals surface area contributed by atoms with Crippen molar-refractivity contribution in [2.45, 2.75) is 52.2 Å². The number of amides is 1. The lowest BCUT2D eigenvalue weighted by Gasteiger charge is -2.36. The van der Waals surface area contributed by atoms with Gasteiger partial charge in [-0.15, -0.1) is 0 Å². The summed E-state index contributed by atoms with van der Waals surface area (Å²) in [4.78, 5) is 14.1. The molecule has 2 N–H and O–H groups in total. The number of rotatable bonds is 5. The van der Waals surface area contributed by atoms with Crippen molar-refractivity contribution in [3.05, 3.63) is 23.8 Å². The van der Waals surface area contributed by atoms with Gasteiger partial charge in [0, 0.05) is 13.0 Å². The van der Waals surface area contributed by atoms with Crippen LogP contribution in [0.25, 0.3) is 0 Å². The van der Waals surface area contributed by atoms with Gasteiger partial charge in [-0.25, -0.2) is 0 Å². The lowest BCUT2D eigenvalue weighted by atomic mass is 9.78. The van der Waals surface area contributed by atoms with Gasteiger partial charge in [0.2, 0.25) is 5.91 Å². The van der Waals surface area contributed by atoms with Crippen molar-refractivity contribution in [3.63, 3.8) is 0 Å². The second-order valence-electron chi connectivity index (χ2n) is 7.34. The fraction of sp³-hybridized carbons (Fsp3) is 0.650. The van der Waals surface area contributed by atoms with Crippen LogP contribution in [0.1, 0.15) is 38.7 Å². The molecule has 0 bridgehead atoms. The molecule has 5 nitrogen and oxygen atoms in total. The Morgan fingerprint density at radius 2 is 2.00 bits per heavy atom. The average Bonchev–Trinajstić information content (AvgIpc) is 3.04. The van der Waals surface area contributed by atoms with Crippen LogP contribution in [0.15, 0.2) is 18.2 Å². The molecule has 1 saturated heterocycles. The Labute approximate surface area is 150 Å². The summed E-state index contributed by atoms with van der Waals surface area (Å²) in [5, 5.41) is 14.0. The normalized spacial score (nSPS) is 28.5. The molecule has 138 valence electrons. The fourth-order valence-electron chi connectivity index (χ4n) is 4.16. The van der Waals surface area contributed by atoms with E-state index in [9.17, 15) is 9.90 Å². The van der Waals surface area contributed by atoms with Crippen LogP contribution in [0.5, 0.6) is 5.75 Å². The largest absolute Gasteiger partial charge is 0.486 e. The van der Waals surface area contributed by atoms with Gasteiger partial charge in [-0.05, 0) is 69.3 Å². The highest BCUT2D eigenvalue weighted by Gasteiger charge is 2.40. The zero-order valence-electron chi connectivity index (χ0n) is 15.5. The minimum atomic E-state index is -0.452. The van der Waals surface area contributed by atoms with Crippen LogP contribution < -0.4 is 15.0 Å². The van der Waals surface area contributed by atoms with Crippen LogP contribution in [0.4, 0.5) is 5.69 Å². The van der Waals surface area contributed by atoms with Gasteiger partial charge in [0.1, 0.15) is 11.9 Å². The summed E-state index contributed by atoms with van der Waals surface area (Å²) in [5.41, 5.74) is 1.90. The molecule has 4 atom stereocenters. The van der Waals surface area contributed by atoms with Gasteiger partial charge in [-0.2, -0.15) is 0 Å². The molecule has 2 aliphatic rings. The SMILES string of the molecule is CCC(=O)N(CC)c1cc(C)ccc1O[C@@H]1C[C@@H]2CNC[C@@H]2C[C@H]1O. The van der Waals surface area contributed by atoms with Crippen molar-refractivity contribution in [1.82, 2.24) is 5.32 Å². The number of aliphatic hydroxyl groups is 1. The van der Waals surface area contributed by atoms with E-state index >= 15 is 0 Å². The highest BCUT2D eigenvalue weighted by Crippen LogP contribution is 2.37. The molecule has 2 fully saturated rings. The summed E-state index contributed by atoms with van der Waals surface area (Å²) in [5.74, 6) is 1.91. The molecule has 1 aromatic rings. The number of aryl methyl sites for hydroxylation is 1. The number of hydrogen-bond acceptors (Lipinski definition) is 4. The van der Waals surface area contributed by atoms with E-state index in [0.717, 1.165) is 37.2 Å². The molecule has 0 radical (unpaired) electrons. The Kier molecular flexibility index (Phi) is 5.64. The maximum absolute atomic E-state index is 12.3. The van der Waals surface area contributed by atoms with E-state index in [0.29, 0.717) is 30.6 Å². The van der Waals surface area contributed by atoms with Crippen LogP contribution >= 0.6 is 0 Å². The second-order valence-corrected chi connectivity index (χ2v) is 7.34. The van der Waals surface area contributed by atoms with E-state index < -0.39 is 6.10 Å². The van der Waals surface area contributed by atoms with Crippen molar-refractivity contribution in [1.29, 1.82) is 0 Å². The Bertz CT molecular complexity index is 619. The van der Waals surface area contributed by atoms with Gasteiger partial charge < -0.3 is 20.1 Å². The first-order valence-corrected chi connectivity index (χ1v) is 9.49. The van der Waals surface area contributed by atoms with Crippen LogP contribution in [0, 0.1) is 18.8 Å². The van der Waals surface area contributed by atoms with Crippen LogP contribution in [-0.4, -0.2) is 42.9 Å². The molecule has 1 heterocycles. The number of carbonyl (C=O) groups excluding carboxylic acids is 1. The predicted molar refractivity (Wildman–Crippen MR) is 99.0 cm³/mol. The first-order valence-electron chi connectivity index (χ1n) is 9.49. The van der Waals surface area contributed by atoms with Gasteiger partial charge in [0.05, 0.1) is 11.8 Å². The molecule has 1 aliphatic carbocycles. The smallest absolute Gasteiger partial charge is 0.226 e. The molecule has 1 saturated carbocycles. The maximum atomic E-state index is 12.3. The van der Waals surface area contributed by atoms with Crippen molar-refractivity contribution in [2.75, 3.05) is 24.5 Å². The molecule has 1 amide bonds. The number of carbonyl (C=O) groups is 1. The Balaban J connectivity index is 1.83. The summed E-state index contributed by atoms with van der Waals surface area (Å²) in [7, 11) is 0. The summed E-state index contributed by atoms with van der Waals surface area (Å²) < 4.78 is 6.27. The maximum Gasteiger partial charge on any atom is 0.226 e. The van der Waals surface area contributed by atoms with Gasteiger partial charge in [-0.1, -0.05) is 13.0 Å². The van der Waals surface area contributed by atoms with Crippen molar-refractivity contribution < 1.29 is 14.6 Å². The molecule has 0 unspecified atom stereocenters. The standard InChI is InChI=1S/C20H30N2O3/c1-4-20(24)22(5-2)16-8-13(3)6-7-18(16)25-19-10-15-12-21-11-14(15)9-17(19)23/h6-8,14-15,17,19,21,23H,4-5,9-12H2,1-3H3/t14-,15+,17+,19+/m0/s1. The van der Waals surface area contributed by atoms with Gasteiger partial charge in [-0.3, -0.25) is 4.79 Å². The Hall–Kier alpha value is -1.59. The van der Waals surface area contributed by atoms with Gasteiger partial charge >= 0.3 is 0 Å². The van der Waals surface area contributed by atoms with Crippen LogP contribution in [0.2, 0.25) is 0 Å². The number of aliphatic hydroxyl groups excluding tert-OH is 1. The number of nitrogens with one attached hydrogen (secondary N) is 1. The lowest BCUT2D eigenvalue weighted by molar-refractivity contribution is -0.118. The predicted octanol–water partition coefficient (Wildman–Crippen LogP) is 2.50. The minimum absolute atomic E-state index is 0.0854. The lowest BCUT2D eigenvalue weighted by Crippen LogP contribution is -2.42. The number of benzene rings is 1. The zero-order chi connectivity index (χ0) is 18.0. The Morgan fingerprint density at radius 1 is 1.28 bits per heavy atom. The molecule has 3 rings (SSSR count). The quantitative estimate of drug-likeness (QED) is 0.860. The Morgan fingerprint density at radius 3 is 2.68 bits per heavy atom. The van der Waals surface area contributed by atoms with Crippen LogP contribution in [-0.2, 0) is 4.79 Å². The van der Waals surface area contributed by atoms with Gasteiger partial charge in [0.25, 0.3) is 0 Å². The molecule has 25 heavy (non-hydrogen) atoms. The summed E-state index contributed by atoms with van der Waals surface area (Å²) >= 11 is 0. The zero-order valence-corrected chi connectivity index (χ0v) is 15.5. The number of nitrogens with zero attached hydrogens (tertiary/aromatic N) is 1. The number of ether oxygens (including phenoxy) is 1. The van der Waals surface area contributed by atoms with Crippen molar-refractivity contribution in [2.24, 2.45) is 11.8 Å². The molecule has 1 aliphatic heterocycles. The van der Waals surface area contributed by atoms with Crippen molar-refractivity contribution in [3.8, 4) is 5.75 Å². The van der Waals surface area contributed by atoms with Crippen LogP contribution in [0.3, 0.4) is 0 Å². The number of fused-ring (bicyclic) bond motifs is 1. The van der Waals surface area contributed by atoms with E-state index in [1.807, 2.05) is 39.0 Å². The minimum Gasteiger partial charge on any atom is -0.486 e. The molecular weight excluding hydrogens is 316 g/mol. The van der Waals surface area contributed by atoms with E-state index in [2.05, 4.69) is 5.32 Å². The van der Waals surface area contributed by atoms with E-state index in [-0.39, 0.29) is 12.0 Å². The third-order valence-electron chi connectivity index (χ3n) is 5.59. The molecular formula is C20H30N2O3. The second kappa shape index (κ2) is 7.75. The van der Waals surface area contributed by atoms with E-state index in [1.165, 1.54) is 0 Å². The monoisotopic (exact) mass is 346 g/mol. The first-order chi connectivity index (χ1) is 12.0. The number of anilines is 1. The number of hydrogen-bond donors (Lipinski definition) is 2. The highest BCUT2D eigenvalue weighted by atomic mass is 16.5. The van der Waals surface area contributed by atoms with Crippen molar-refractivity contribution >= 4 is 11.6 Å². The third-order valence-corrected chi connectivity index (χ3v) is 5.59. The average molecular weight is 346 g/mol. The van der Waals surface area contributed by atoms with Gasteiger partial charge in [0.15, 0.2) is 0 Å². The topological polar surface area (TPSA) is 61.8 Å². The van der Waals surface area contributed by atoms with E-state index in [1.54, 1.807) is 4.90 Å². The molecule has 0 aromatic heterocycles. The van der Waals surface area contributed by atoms with E-state index in [4.69, 9.17) is 4.74 Å². The molecule has 5 heteroatoms. The first kappa shape index (κ1) is 18.2. The summed E-state index contributed by atoms with van der Waals surface area (Å²) in [6, 6.07) is 5.93. The molecule has 1 aromatic carbocycles. The summed E-state index contributed by atoms with van der Waals surface area (Å²) in [6.07, 6.45) is 1.45. The fourth-order valence-corrected chi connectivity index (χ4v) is 4.16. The summed E-state index contributed by atoms with van der Waals surface area (Å²) in [6.45, 7) is 8.48. The third kappa shape index (κ3) is 3.82. The highest BCUT2D eigenvalue weighted by molar-refractivity contribution is 5.94. The molecule has 0 spiro atoms.